The van der Waals surface area contributed by atoms with Crippen molar-refractivity contribution in [3.8, 4) is 11.3 Å². The van der Waals surface area contributed by atoms with Crippen LogP contribution in [0.1, 0.15) is 37.2 Å². The largest absolute Gasteiger partial charge is 0.461 e. The summed E-state index contributed by atoms with van der Waals surface area (Å²) in [5.41, 5.74) is 8.17. The molecule has 0 radical (unpaired) electrons. The van der Waals surface area contributed by atoms with E-state index in [-0.39, 0.29) is 5.69 Å². The van der Waals surface area contributed by atoms with Crippen molar-refractivity contribution >= 4 is 11.7 Å². The number of hydrogen-bond donors (Lipinski definition) is 1. The fourth-order valence-electron chi connectivity index (χ4n) is 2.04. The second kappa shape index (κ2) is 6.88. The van der Waals surface area contributed by atoms with E-state index in [1.54, 1.807) is 23.7 Å². The summed E-state index contributed by atoms with van der Waals surface area (Å²) in [6.45, 7) is 4.89. The molecule has 6 heteroatoms. The lowest BCUT2D eigenvalue weighted by molar-refractivity contribution is 0.0520. The highest BCUT2D eigenvalue weighted by atomic mass is 16.5. The fraction of sp³-hybridized carbons (Fsp3) is 0.400. The minimum absolute atomic E-state index is 0.248. The Labute approximate surface area is 123 Å². The van der Waals surface area contributed by atoms with Gasteiger partial charge in [-0.05, 0) is 25.5 Å². The zero-order valence-corrected chi connectivity index (χ0v) is 12.4. The highest BCUT2D eigenvalue weighted by molar-refractivity contribution is 5.94. The van der Waals surface area contributed by atoms with E-state index in [9.17, 15) is 4.79 Å². The Morgan fingerprint density at radius 2 is 2.00 bits per heavy atom. The molecule has 0 bridgehead atoms. The van der Waals surface area contributed by atoms with Crippen LogP contribution in [0.25, 0.3) is 11.3 Å². The van der Waals surface area contributed by atoms with Crippen molar-refractivity contribution in [1.29, 1.82) is 0 Å². The number of benzene rings is 1. The number of unbranched alkanes of at least 4 members (excludes halogenated alkanes) is 1. The lowest BCUT2D eigenvalue weighted by Gasteiger charge is -2.08. The molecule has 0 saturated carbocycles. The van der Waals surface area contributed by atoms with Crippen LogP contribution in [0.5, 0.6) is 0 Å². The quantitative estimate of drug-likeness (QED) is 0.652. The molecule has 0 aliphatic rings. The van der Waals surface area contributed by atoms with Crippen molar-refractivity contribution in [3.05, 3.63) is 30.0 Å². The van der Waals surface area contributed by atoms with Gasteiger partial charge >= 0.3 is 5.97 Å². The molecule has 0 amide bonds. The van der Waals surface area contributed by atoms with Gasteiger partial charge in [0, 0.05) is 17.8 Å². The summed E-state index contributed by atoms with van der Waals surface area (Å²) in [5.74, 6) is -0.452. The van der Waals surface area contributed by atoms with Gasteiger partial charge in [-0.15, -0.1) is 5.10 Å². The maximum atomic E-state index is 12.0. The van der Waals surface area contributed by atoms with Crippen LogP contribution in [0.15, 0.2) is 24.3 Å². The van der Waals surface area contributed by atoms with Crippen molar-refractivity contribution < 1.29 is 9.53 Å². The first-order valence-electron chi connectivity index (χ1n) is 7.13. The molecule has 0 aliphatic carbocycles. The van der Waals surface area contributed by atoms with Gasteiger partial charge in [-0.25, -0.2) is 9.48 Å². The number of hydrogen-bond acceptors (Lipinski definition) is 5. The van der Waals surface area contributed by atoms with E-state index < -0.39 is 5.97 Å². The van der Waals surface area contributed by atoms with Gasteiger partial charge in [0.2, 0.25) is 0 Å². The Kier molecular flexibility index (Phi) is 4.92. The third-order valence-corrected chi connectivity index (χ3v) is 3.11. The Hall–Kier alpha value is -2.37. The molecule has 2 aromatic rings. The predicted octanol–water partition coefficient (Wildman–Crippen LogP) is 2.50. The lowest BCUT2D eigenvalue weighted by atomic mass is 10.1. The molecule has 21 heavy (non-hydrogen) atoms. The topological polar surface area (TPSA) is 83.0 Å². The summed E-state index contributed by atoms with van der Waals surface area (Å²) in [7, 11) is 0. The van der Waals surface area contributed by atoms with Crippen LogP contribution in [0, 0.1) is 0 Å². The van der Waals surface area contributed by atoms with Crippen LogP contribution in [-0.4, -0.2) is 27.6 Å². The van der Waals surface area contributed by atoms with Crippen molar-refractivity contribution in [3.63, 3.8) is 0 Å². The highest BCUT2D eigenvalue weighted by Crippen LogP contribution is 2.24. The summed E-state index contributed by atoms with van der Waals surface area (Å²) >= 11 is 0. The number of rotatable bonds is 6. The van der Waals surface area contributed by atoms with Gasteiger partial charge in [0.1, 0.15) is 5.69 Å². The third kappa shape index (κ3) is 3.39. The standard InChI is InChI=1S/C15H20N4O2/c1-3-5-10-19-14(11-6-8-12(16)9-7-11)13(17-18-19)15(20)21-4-2/h6-9H,3-5,10,16H2,1-2H3. The predicted molar refractivity (Wildman–Crippen MR) is 80.7 cm³/mol. The molecule has 6 nitrogen and oxygen atoms in total. The molecular weight excluding hydrogens is 268 g/mol. The second-order valence-electron chi connectivity index (χ2n) is 4.71. The number of carbonyl (C=O) groups excluding carboxylic acids is 1. The normalized spacial score (nSPS) is 10.6. The van der Waals surface area contributed by atoms with Crippen molar-refractivity contribution in [2.24, 2.45) is 0 Å². The van der Waals surface area contributed by atoms with Gasteiger partial charge in [-0.3, -0.25) is 0 Å². The van der Waals surface area contributed by atoms with Crippen molar-refractivity contribution in [2.75, 3.05) is 12.3 Å². The zero-order valence-electron chi connectivity index (χ0n) is 12.4. The molecule has 0 atom stereocenters. The summed E-state index contributed by atoms with van der Waals surface area (Å²) in [5, 5.41) is 8.08. The number of aromatic nitrogens is 3. The number of anilines is 1. The van der Waals surface area contributed by atoms with E-state index >= 15 is 0 Å². The number of nitrogens with zero attached hydrogens (tertiary/aromatic N) is 3. The summed E-state index contributed by atoms with van der Waals surface area (Å²) in [4.78, 5) is 12.0. The number of aryl methyl sites for hydroxylation is 1. The van der Waals surface area contributed by atoms with Crippen LogP contribution in [0.4, 0.5) is 5.69 Å². The average molecular weight is 288 g/mol. The number of esters is 1. The number of carbonyl (C=O) groups is 1. The van der Waals surface area contributed by atoms with E-state index in [1.165, 1.54) is 0 Å². The Morgan fingerprint density at radius 3 is 2.62 bits per heavy atom. The second-order valence-corrected chi connectivity index (χ2v) is 4.71. The number of nitrogens with two attached hydrogens (primary N) is 1. The first-order chi connectivity index (χ1) is 10.2. The SMILES string of the molecule is CCCCn1nnc(C(=O)OCC)c1-c1ccc(N)cc1. The summed E-state index contributed by atoms with van der Waals surface area (Å²) in [6, 6.07) is 7.31. The van der Waals surface area contributed by atoms with E-state index in [4.69, 9.17) is 10.5 Å². The molecule has 2 N–H and O–H groups in total. The molecule has 0 spiro atoms. The maximum absolute atomic E-state index is 12.0. The molecule has 0 unspecified atom stereocenters. The Morgan fingerprint density at radius 1 is 1.29 bits per heavy atom. The first kappa shape index (κ1) is 15.0. The van der Waals surface area contributed by atoms with Crippen LogP contribution >= 0.6 is 0 Å². The molecule has 2 rings (SSSR count). The average Bonchev–Trinajstić information content (AvgIpc) is 2.90. The first-order valence-corrected chi connectivity index (χ1v) is 7.13. The molecule has 1 aromatic heterocycles. The van der Waals surface area contributed by atoms with Crippen LogP contribution in [0.3, 0.4) is 0 Å². The van der Waals surface area contributed by atoms with Crippen LogP contribution in [-0.2, 0) is 11.3 Å². The molecule has 1 aromatic carbocycles. The van der Waals surface area contributed by atoms with Gasteiger partial charge < -0.3 is 10.5 Å². The van der Waals surface area contributed by atoms with E-state index in [2.05, 4.69) is 17.2 Å². The maximum Gasteiger partial charge on any atom is 0.361 e. The van der Waals surface area contributed by atoms with Gasteiger partial charge in [0.15, 0.2) is 5.69 Å². The van der Waals surface area contributed by atoms with Crippen LogP contribution < -0.4 is 5.73 Å². The Balaban J connectivity index is 2.44. The van der Waals surface area contributed by atoms with Crippen molar-refractivity contribution in [2.45, 2.75) is 33.2 Å². The monoisotopic (exact) mass is 288 g/mol. The lowest BCUT2D eigenvalue weighted by Crippen LogP contribution is -2.08. The van der Waals surface area contributed by atoms with Crippen molar-refractivity contribution in [1.82, 2.24) is 15.0 Å². The highest BCUT2D eigenvalue weighted by Gasteiger charge is 2.21. The van der Waals surface area contributed by atoms with Gasteiger partial charge in [-0.1, -0.05) is 30.7 Å². The zero-order chi connectivity index (χ0) is 15.2. The van der Waals surface area contributed by atoms with Gasteiger partial charge in [0.25, 0.3) is 0 Å². The van der Waals surface area contributed by atoms with Gasteiger partial charge in [0.05, 0.1) is 6.61 Å². The van der Waals surface area contributed by atoms with Crippen LogP contribution in [0.2, 0.25) is 0 Å². The number of nitrogen functional groups attached to an aromatic ring is 1. The number of ether oxygens (including phenoxy) is 1. The minimum Gasteiger partial charge on any atom is -0.461 e. The molecular formula is C15H20N4O2. The molecule has 112 valence electrons. The fourth-order valence-corrected chi connectivity index (χ4v) is 2.04. The molecule has 0 fully saturated rings. The van der Waals surface area contributed by atoms with E-state index in [1.807, 2.05) is 12.1 Å². The summed E-state index contributed by atoms with van der Waals surface area (Å²) in [6.07, 6.45) is 2.00. The van der Waals surface area contributed by atoms with Gasteiger partial charge in [-0.2, -0.15) is 0 Å². The minimum atomic E-state index is -0.452. The molecule has 0 saturated heterocycles. The summed E-state index contributed by atoms with van der Waals surface area (Å²) < 4.78 is 6.80. The molecule has 0 aliphatic heterocycles. The smallest absolute Gasteiger partial charge is 0.361 e. The van der Waals surface area contributed by atoms with E-state index in [0.29, 0.717) is 24.5 Å². The third-order valence-electron chi connectivity index (χ3n) is 3.11. The molecule has 1 heterocycles. The Bertz CT molecular complexity index is 605. The van der Waals surface area contributed by atoms with E-state index in [0.717, 1.165) is 18.4 Å².